The maximum atomic E-state index is 10.5. The van der Waals surface area contributed by atoms with Gasteiger partial charge in [0.1, 0.15) is 11.8 Å². The van der Waals surface area contributed by atoms with Gasteiger partial charge in [-0.3, -0.25) is 4.68 Å². The molecule has 1 unspecified atom stereocenters. The molecule has 0 bridgehead atoms. The van der Waals surface area contributed by atoms with Gasteiger partial charge in [-0.05, 0) is 18.6 Å². The summed E-state index contributed by atoms with van der Waals surface area (Å²) >= 11 is 3.47. The van der Waals surface area contributed by atoms with Crippen molar-refractivity contribution < 1.29 is 9.84 Å². The summed E-state index contributed by atoms with van der Waals surface area (Å²) in [7, 11) is 3.35. The number of halogens is 1. The summed E-state index contributed by atoms with van der Waals surface area (Å²) in [5.41, 5.74) is 2.57. The van der Waals surface area contributed by atoms with Crippen LogP contribution in [0, 0.1) is 6.92 Å². The highest BCUT2D eigenvalue weighted by Gasteiger charge is 2.21. The molecule has 1 aromatic carbocycles. The SMILES string of the molecule is COc1cnn(C)c1C(O)c1ccc(C)cc1Br. The van der Waals surface area contributed by atoms with Crippen molar-refractivity contribution in [3.8, 4) is 5.75 Å². The van der Waals surface area contributed by atoms with Crippen LogP contribution in [0.4, 0.5) is 0 Å². The summed E-state index contributed by atoms with van der Waals surface area (Å²) in [5.74, 6) is 0.581. The van der Waals surface area contributed by atoms with E-state index in [1.54, 1.807) is 25.0 Å². The zero-order chi connectivity index (χ0) is 13.3. The lowest BCUT2D eigenvalue weighted by atomic mass is 10.0. The molecule has 1 N–H and O–H groups in total. The first-order valence-corrected chi connectivity index (χ1v) is 6.34. The average Bonchev–Trinajstić information content (AvgIpc) is 2.69. The van der Waals surface area contributed by atoms with E-state index >= 15 is 0 Å². The van der Waals surface area contributed by atoms with Crippen LogP contribution in [-0.4, -0.2) is 22.0 Å². The topological polar surface area (TPSA) is 47.3 Å². The van der Waals surface area contributed by atoms with Gasteiger partial charge in [-0.15, -0.1) is 0 Å². The maximum absolute atomic E-state index is 10.5. The molecule has 1 heterocycles. The molecule has 0 fully saturated rings. The Morgan fingerprint density at radius 2 is 2.17 bits per heavy atom. The van der Waals surface area contributed by atoms with Crippen LogP contribution in [0.1, 0.15) is 22.9 Å². The Bertz CT molecular complexity index is 566. The maximum Gasteiger partial charge on any atom is 0.162 e. The van der Waals surface area contributed by atoms with Gasteiger partial charge >= 0.3 is 0 Å². The molecule has 4 nitrogen and oxygen atoms in total. The lowest BCUT2D eigenvalue weighted by molar-refractivity contribution is 0.203. The van der Waals surface area contributed by atoms with Crippen LogP contribution in [-0.2, 0) is 7.05 Å². The number of hydrogen-bond acceptors (Lipinski definition) is 3. The van der Waals surface area contributed by atoms with Crippen molar-refractivity contribution in [3.63, 3.8) is 0 Å². The molecule has 0 spiro atoms. The summed E-state index contributed by atoms with van der Waals surface area (Å²) < 4.78 is 7.71. The van der Waals surface area contributed by atoms with E-state index in [2.05, 4.69) is 21.0 Å². The van der Waals surface area contributed by atoms with Crippen molar-refractivity contribution in [2.75, 3.05) is 7.11 Å². The number of aromatic nitrogens is 2. The number of benzene rings is 1. The molecule has 0 radical (unpaired) electrons. The molecule has 18 heavy (non-hydrogen) atoms. The third-order valence-electron chi connectivity index (χ3n) is 2.88. The Balaban J connectivity index is 2.47. The first-order chi connectivity index (χ1) is 8.54. The van der Waals surface area contributed by atoms with Gasteiger partial charge in [0.15, 0.2) is 5.75 Å². The third-order valence-corrected chi connectivity index (χ3v) is 3.57. The summed E-state index contributed by atoms with van der Waals surface area (Å²) in [6.07, 6.45) is 0.822. The predicted molar refractivity (Wildman–Crippen MR) is 72.7 cm³/mol. The van der Waals surface area contributed by atoms with Crippen molar-refractivity contribution in [3.05, 3.63) is 45.7 Å². The zero-order valence-electron chi connectivity index (χ0n) is 10.5. The number of hydrogen-bond donors (Lipinski definition) is 1. The molecular weight excluding hydrogens is 296 g/mol. The molecule has 0 aliphatic rings. The molecule has 5 heteroatoms. The Morgan fingerprint density at radius 3 is 2.78 bits per heavy atom. The van der Waals surface area contributed by atoms with E-state index in [0.29, 0.717) is 11.4 Å². The Kier molecular flexibility index (Phi) is 3.73. The fourth-order valence-electron chi connectivity index (χ4n) is 1.90. The van der Waals surface area contributed by atoms with E-state index in [-0.39, 0.29) is 0 Å². The van der Waals surface area contributed by atoms with Crippen LogP contribution in [0.3, 0.4) is 0 Å². The smallest absolute Gasteiger partial charge is 0.162 e. The van der Waals surface area contributed by atoms with Gasteiger partial charge in [0.25, 0.3) is 0 Å². The Labute approximate surface area is 114 Å². The quantitative estimate of drug-likeness (QED) is 0.948. The predicted octanol–water partition coefficient (Wildman–Crippen LogP) is 2.58. The number of aryl methyl sites for hydroxylation is 2. The van der Waals surface area contributed by atoms with E-state index in [1.165, 1.54) is 0 Å². The van der Waals surface area contributed by atoms with E-state index in [4.69, 9.17) is 4.74 Å². The van der Waals surface area contributed by atoms with E-state index < -0.39 is 6.10 Å². The molecule has 96 valence electrons. The minimum atomic E-state index is -0.776. The second-order valence-corrected chi connectivity index (χ2v) is 5.00. The lowest BCUT2D eigenvalue weighted by Crippen LogP contribution is -2.08. The van der Waals surface area contributed by atoms with Crippen LogP contribution in [0.25, 0.3) is 0 Å². The van der Waals surface area contributed by atoms with E-state index in [0.717, 1.165) is 15.6 Å². The number of nitrogens with zero attached hydrogens (tertiary/aromatic N) is 2. The van der Waals surface area contributed by atoms with Gasteiger partial charge in [0.05, 0.1) is 13.3 Å². The van der Waals surface area contributed by atoms with Crippen LogP contribution in [0.5, 0.6) is 5.75 Å². The number of ether oxygens (including phenoxy) is 1. The van der Waals surface area contributed by atoms with Gasteiger partial charge < -0.3 is 9.84 Å². The second kappa shape index (κ2) is 5.12. The van der Waals surface area contributed by atoms with Gasteiger partial charge in [0.2, 0.25) is 0 Å². The molecular formula is C13H15BrN2O2. The molecule has 0 saturated heterocycles. The van der Waals surface area contributed by atoms with Crippen molar-refractivity contribution in [2.45, 2.75) is 13.0 Å². The molecule has 2 rings (SSSR count). The standard InChI is InChI=1S/C13H15BrN2O2/c1-8-4-5-9(10(14)6-8)13(17)12-11(18-3)7-15-16(12)2/h4-7,13,17H,1-3H3. The van der Waals surface area contributed by atoms with Crippen LogP contribution >= 0.6 is 15.9 Å². The summed E-state index contributed by atoms with van der Waals surface area (Å²) in [6, 6.07) is 5.84. The van der Waals surface area contributed by atoms with E-state index in [9.17, 15) is 5.11 Å². The summed E-state index contributed by atoms with van der Waals surface area (Å²) in [6.45, 7) is 2.01. The van der Waals surface area contributed by atoms with Crippen molar-refractivity contribution in [1.82, 2.24) is 9.78 Å². The lowest BCUT2D eigenvalue weighted by Gasteiger charge is -2.15. The highest BCUT2D eigenvalue weighted by Crippen LogP contribution is 2.33. The molecule has 0 aliphatic carbocycles. The van der Waals surface area contributed by atoms with Gasteiger partial charge in [-0.2, -0.15) is 5.10 Å². The summed E-state index contributed by atoms with van der Waals surface area (Å²) in [5, 5.41) is 14.6. The molecule has 0 saturated carbocycles. The minimum Gasteiger partial charge on any atom is -0.493 e. The Hall–Kier alpha value is -1.33. The average molecular weight is 311 g/mol. The molecule has 0 amide bonds. The molecule has 2 aromatic rings. The largest absolute Gasteiger partial charge is 0.493 e. The normalized spacial score (nSPS) is 12.5. The molecule has 1 atom stereocenters. The first-order valence-electron chi connectivity index (χ1n) is 5.54. The third kappa shape index (κ3) is 2.28. The van der Waals surface area contributed by atoms with Gasteiger partial charge in [-0.1, -0.05) is 28.1 Å². The fraction of sp³-hybridized carbons (Fsp3) is 0.308. The number of aliphatic hydroxyl groups is 1. The first kappa shape index (κ1) is 13.1. The van der Waals surface area contributed by atoms with Crippen molar-refractivity contribution in [1.29, 1.82) is 0 Å². The van der Waals surface area contributed by atoms with Crippen LogP contribution in [0.2, 0.25) is 0 Å². The molecule has 0 aliphatic heterocycles. The highest BCUT2D eigenvalue weighted by molar-refractivity contribution is 9.10. The van der Waals surface area contributed by atoms with E-state index in [1.807, 2.05) is 25.1 Å². The van der Waals surface area contributed by atoms with Gasteiger partial charge in [0, 0.05) is 17.1 Å². The zero-order valence-corrected chi connectivity index (χ0v) is 12.1. The number of aliphatic hydroxyl groups excluding tert-OH is 1. The van der Waals surface area contributed by atoms with Gasteiger partial charge in [-0.25, -0.2) is 0 Å². The number of rotatable bonds is 3. The highest BCUT2D eigenvalue weighted by atomic mass is 79.9. The second-order valence-electron chi connectivity index (χ2n) is 4.15. The fourth-order valence-corrected chi connectivity index (χ4v) is 2.61. The number of methoxy groups -OCH3 is 1. The van der Waals surface area contributed by atoms with Crippen LogP contribution < -0.4 is 4.74 Å². The molecule has 1 aromatic heterocycles. The minimum absolute atomic E-state index is 0.581. The van der Waals surface area contributed by atoms with Crippen molar-refractivity contribution >= 4 is 15.9 Å². The Morgan fingerprint density at radius 1 is 1.44 bits per heavy atom. The summed E-state index contributed by atoms with van der Waals surface area (Å²) in [4.78, 5) is 0. The van der Waals surface area contributed by atoms with Crippen LogP contribution in [0.15, 0.2) is 28.9 Å². The van der Waals surface area contributed by atoms with Crippen molar-refractivity contribution in [2.24, 2.45) is 7.05 Å². The monoisotopic (exact) mass is 310 g/mol.